The Morgan fingerprint density at radius 1 is 1.38 bits per heavy atom. The molecule has 1 N–H and O–H groups in total. The molecule has 0 fully saturated rings. The standard InChI is InChI=1S/C3H8O3S.C3H6OS.Na/c1-2-3-7(4,5)6;1-2-3(4)5;/h2-3H2,1H3,(H,4,5,6);2H2,1H3,(H,4,5);. The largest absolute Gasteiger partial charge is 0.288 e. The van der Waals surface area contributed by atoms with Gasteiger partial charge in [-0.05, 0) is 6.42 Å². The molecule has 0 rings (SSSR count). The molecular formula is C6H14NaO4S2. The van der Waals surface area contributed by atoms with Gasteiger partial charge in [0.2, 0.25) is 0 Å². The fourth-order valence-electron chi connectivity index (χ4n) is 0.258. The van der Waals surface area contributed by atoms with Crippen LogP contribution in [0.15, 0.2) is 0 Å². The molecule has 0 aliphatic heterocycles. The Morgan fingerprint density at radius 3 is 1.69 bits per heavy atom. The summed E-state index contributed by atoms with van der Waals surface area (Å²) in [7, 11) is -3.67. The van der Waals surface area contributed by atoms with Gasteiger partial charge in [-0.25, -0.2) is 0 Å². The maximum absolute atomic E-state index is 9.79. The Kier molecular flexibility index (Phi) is 16.5. The molecule has 0 aliphatic rings. The van der Waals surface area contributed by atoms with Gasteiger partial charge in [0.1, 0.15) is 0 Å². The smallest absolute Gasteiger partial charge is 0.264 e. The quantitative estimate of drug-likeness (QED) is 0.432. The van der Waals surface area contributed by atoms with Crippen molar-refractivity contribution in [2.24, 2.45) is 0 Å². The van der Waals surface area contributed by atoms with Crippen molar-refractivity contribution < 1.29 is 17.8 Å². The third-order valence-corrected chi connectivity index (χ3v) is 2.00. The monoisotopic (exact) mass is 237 g/mol. The average molecular weight is 237 g/mol. The van der Waals surface area contributed by atoms with Crippen LogP contribution in [0.5, 0.6) is 0 Å². The molecule has 0 aromatic heterocycles. The van der Waals surface area contributed by atoms with E-state index < -0.39 is 10.1 Å². The molecule has 7 heteroatoms. The molecule has 4 nitrogen and oxygen atoms in total. The zero-order valence-corrected chi connectivity index (χ0v) is 11.9. The van der Waals surface area contributed by atoms with E-state index >= 15 is 0 Å². The maximum atomic E-state index is 9.79. The van der Waals surface area contributed by atoms with E-state index in [-0.39, 0.29) is 40.4 Å². The predicted molar refractivity (Wildman–Crippen MR) is 56.7 cm³/mol. The minimum absolute atomic E-state index is 0. The van der Waals surface area contributed by atoms with E-state index in [2.05, 4.69) is 12.6 Å². The van der Waals surface area contributed by atoms with Crippen LogP contribution in [0.25, 0.3) is 0 Å². The third kappa shape index (κ3) is 32.2. The minimum Gasteiger partial charge on any atom is -0.288 e. The van der Waals surface area contributed by atoms with E-state index in [1.807, 2.05) is 0 Å². The predicted octanol–water partition coefficient (Wildman–Crippen LogP) is 0.756. The third-order valence-electron chi connectivity index (χ3n) is 0.765. The Bertz CT molecular complexity index is 213. The molecule has 0 saturated carbocycles. The summed E-state index contributed by atoms with van der Waals surface area (Å²) in [5.41, 5.74) is 0. The van der Waals surface area contributed by atoms with Gasteiger partial charge >= 0.3 is 0 Å². The Balaban J connectivity index is -0.000000150. The Labute approximate surface area is 107 Å². The fraction of sp³-hybridized carbons (Fsp3) is 0.833. The van der Waals surface area contributed by atoms with E-state index in [1.165, 1.54) is 0 Å². The first-order valence-electron chi connectivity index (χ1n) is 3.50. The number of hydrogen-bond donors (Lipinski definition) is 2. The van der Waals surface area contributed by atoms with Crippen molar-refractivity contribution in [1.82, 2.24) is 0 Å². The second kappa shape index (κ2) is 11.0. The van der Waals surface area contributed by atoms with Gasteiger partial charge in [0, 0.05) is 36.0 Å². The summed E-state index contributed by atoms with van der Waals surface area (Å²) in [6.45, 7) is 3.46. The molecule has 13 heavy (non-hydrogen) atoms. The first kappa shape index (κ1) is 19.5. The molecule has 0 heterocycles. The molecule has 0 saturated heterocycles. The van der Waals surface area contributed by atoms with Gasteiger partial charge in [0.15, 0.2) is 5.12 Å². The van der Waals surface area contributed by atoms with E-state index in [1.54, 1.807) is 13.8 Å². The Morgan fingerprint density at radius 2 is 1.69 bits per heavy atom. The first-order chi connectivity index (χ1) is 5.33. The molecule has 0 amide bonds. The summed E-state index contributed by atoms with van der Waals surface area (Å²) < 4.78 is 27.6. The van der Waals surface area contributed by atoms with Crippen molar-refractivity contribution in [3.8, 4) is 0 Å². The van der Waals surface area contributed by atoms with Gasteiger partial charge in [-0.15, -0.1) is 12.6 Å². The normalized spacial score (nSPS) is 9.23. The van der Waals surface area contributed by atoms with E-state index in [0.717, 1.165) is 0 Å². The molecule has 0 spiro atoms. The van der Waals surface area contributed by atoms with Crippen LogP contribution in [0, 0.1) is 0 Å². The molecule has 0 bridgehead atoms. The number of carbonyl (C=O) groups excluding carboxylic acids is 1. The van der Waals surface area contributed by atoms with Crippen LogP contribution >= 0.6 is 12.6 Å². The topological polar surface area (TPSA) is 71.4 Å². The minimum atomic E-state index is -3.67. The molecule has 0 atom stereocenters. The zero-order valence-electron chi connectivity index (χ0n) is 8.15. The molecule has 0 aliphatic carbocycles. The molecular weight excluding hydrogens is 223 g/mol. The summed E-state index contributed by atoms with van der Waals surface area (Å²) in [5.74, 6) is -0.132. The molecule has 75 valence electrons. The van der Waals surface area contributed by atoms with E-state index in [4.69, 9.17) is 4.55 Å². The number of rotatable bonds is 3. The molecule has 0 aromatic carbocycles. The van der Waals surface area contributed by atoms with Crippen LogP contribution in [0.3, 0.4) is 0 Å². The Hall–Kier alpha value is 0.930. The fourth-order valence-corrected chi connectivity index (χ4v) is 0.774. The van der Waals surface area contributed by atoms with Crippen LogP contribution in [-0.4, -0.2) is 53.4 Å². The summed E-state index contributed by atoms with van der Waals surface area (Å²) >= 11 is 3.46. The van der Waals surface area contributed by atoms with Crippen molar-refractivity contribution >= 4 is 57.4 Å². The van der Waals surface area contributed by atoms with Gasteiger partial charge in [0.25, 0.3) is 10.1 Å². The van der Waals surface area contributed by atoms with Gasteiger partial charge in [-0.3, -0.25) is 9.35 Å². The van der Waals surface area contributed by atoms with E-state index in [9.17, 15) is 13.2 Å². The number of carbonyl (C=O) groups is 1. The van der Waals surface area contributed by atoms with Crippen LogP contribution in [0.1, 0.15) is 26.7 Å². The maximum Gasteiger partial charge on any atom is 0.264 e. The summed E-state index contributed by atoms with van der Waals surface area (Å²) in [4.78, 5) is 9.68. The molecule has 0 aromatic rings. The molecule has 1 radical (unpaired) electrons. The SMILES string of the molecule is CCC(=O)S.CCCS(=O)(=O)O.[Na]. The average Bonchev–Trinajstić information content (AvgIpc) is 1.86. The van der Waals surface area contributed by atoms with E-state index in [0.29, 0.717) is 12.8 Å². The second-order valence-electron chi connectivity index (χ2n) is 2.03. The van der Waals surface area contributed by atoms with Crippen molar-refractivity contribution in [2.75, 3.05) is 5.75 Å². The number of thiol groups is 1. The first-order valence-corrected chi connectivity index (χ1v) is 5.56. The number of hydrogen-bond acceptors (Lipinski definition) is 3. The van der Waals surface area contributed by atoms with Gasteiger partial charge in [-0.1, -0.05) is 13.8 Å². The van der Waals surface area contributed by atoms with Crippen molar-refractivity contribution in [1.29, 1.82) is 0 Å². The summed E-state index contributed by atoms with van der Waals surface area (Å²) in [6.07, 6.45) is 1.00. The van der Waals surface area contributed by atoms with Crippen molar-refractivity contribution in [3.63, 3.8) is 0 Å². The van der Waals surface area contributed by atoms with Crippen LogP contribution < -0.4 is 0 Å². The van der Waals surface area contributed by atoms with Crippen molar-refractivity contribution in [3.05, 3.63) is 0 Å². The van der Waals surface area contributed by atoms with Gasteiger partial charge in [0.05, 0.1) is 5.75 Å². The van der Waals surface area contributed by atoms with Crippen molar-refractivity contribution in [2.45, 2.75) is 26.7 Å². The zero-order chi connectivity index (χ0) is 10.2. The van der Waals surface area contributed by atoms with Gasteiger partial charge in [-0.2, -0.15) is 8.42 Å². The molecule has 0 unspecified atom stereocenters. The summed E-state index contributed by atoms with van der Waals surface area (Å²) in [5, 5.41) is -0.0509. The van der Waals surface area contributed by atoms with Crippen LogP contribution in [0.2, 0.25) is 0 Å². The van der Waals surface area contributed by atoms with Crippen LogP contribution in [-0.2, 0) is 14.9 Å². The van der Waals surface area contributed by atoms with Gasteiger partial charge < -0.3 is 0 Å². The second-order valence-corrected chi connectivity index (χ2v) is 4.10. The van der Waals surface area contributed by atoms with Crippen LogP contribution in [0.4, 0.5) is 0 Å². The summed E-state index contributed by atoms with van der Waals surface area (Å²) in [6, 6.07) is 0.